The third-order valence-electron chi connectivity index (χ3n) is 4.55. The van der Waals surface area contributed by atoms with Gasteiger partial charge in [-0.1, -0.05) is 18.2 Å². The minimum atomic E-state index is 0. The Kier molecular flexibility index (Phi) is 8.52. The zero-order valence-corrected chi connectivity index (χ0v) is 20.2. The predicted octanol–water partition coefficient (Wildman–Crippen LogP) is 4.31. The number of benzene rings is 2. The van der Waals surface area contributed by atoms with E-state index in [2.05, 4.69) is 45.8 Å². The summed E-state index contributed by atoms with van der Waals surface area (Å²) >= 11 is 0. The van der Waals surface area contributed by atoms with Crippen LogP contribution in [0.3, 0.4) is 0 Å². The van der Waals surface area contributed by atoms with Gasteiger partial charge in [0, 0.05) is 31.0 Å². The molecule has 0 atom stereocenters. The lowest BCUT2D eigenvalue weighted by Crippen LogP contribution is -2.30. The van der Waals surface area contributed by atoms with Crippen molar-refractivity contribution < 1.29 is 9.47 Å². The molecular weight excluding hydrogens is 493 g/mol. The molecule has 3 rings (SSSR count). The Balaban J connectivity index is 0.00000320. The number of aromatic nitrogens is 2. The summed E-state index contributed by atoms with van der Waals surface area (Å²) in [6, 6.07) is 15.9. The molecule has 8 heteroatoms. The van der Waals surface area contributed by atoms with Crippen molar-refractivity contribution in [1.29, 1.82) is 0 Å². The Morgan fingerprint density at radius 2 is 1.77 bits per heavy atom. The van der Waals surface area contributed by atoms with Crippen molar-refractivity contribution in [2.75, 3.05) is 26.6 Å². The van der Waals surface area contributed by atoms with Crippen LogP contribution in [0.25, 0.3) is 5.69 Å². The number of ether oxygens (including phenoxy) is 2. The molecule has 0 radical (unpaired) electrons. The zero-order valence-electron chi connectivity index (χ0n) is 17.9. The molecule has 2 N–H and O–H groups in total. The fourth-order valence-corrected chi connectivity index (χ4v) is 3.15. The van der Waals surface area contributed by atoms with Gasteiger partial charge in [0.1, 0.15) is 0 Å². The smallest absolute Gasteiger partial charge is 0.195 e. The van der Waals surface area contributed by atoms with Gasteiger partial charge in [-0.3, -0.25) is 4.99 Å². The van der Waals surface area contributed by atoms with Crippen molar-refractivity contribution in [3.05, 3.63) is 65.5 Å². The van der Waals surface area contributed by atoms with E-state index in [4.69, 9.17) is 9.47 Å². The maximum atomic E-state index is 5.36. The van der Waals surface area contributed by atoms with Gasteiger partial charge in [-0.25, -0.2) is 4.68 Å². The van der Waals surface area contributed by atoms with Crippen LogP contribution in [0.1, 0.15) is 17.0 Å². The van der Waals surface area contributed by atoms with E-state index in [-0.39, 0.29) is 24.0 Å². The number of para-hydroxylation sites is 1. The normalized spacial score (nSPS) is 10.9. The molecule has 0 spiro atoms. The third-order valence-corrected chi connectivity index (χ3v) is 4.55. The lowest BCUT2D eigenvalue weighted by molar-refractivity contribution is 0.355. The molecule has 0 aliphatic rings. The van der Waals surface area contributed by atoms with E-state index in [1.165, 1.54) is 0 Å². The zero-order chi connectivity index (χ0) is 20.8. The number of aliphatic imine (C=N–C) groups is 1. The first kappa shape index (κ1) is 23.5. The van der Waals surface area contributed by atoms with Crippen LogP contribution in [0.15, 0.2) is 53.5 Å². The number of methoxy groups -OCH3 is 2. The maximum Gasteiger partial charge on any atom is 0.195 e. The largest absolute Gasteiger partial charge is 0.493 e. The van der Waals surface area contributed by atoms with Gasteiger partial charge < -0.3 is 20.1 Å². The highest BCUT2D eigenvalue weighted by Crippen LogP contribution is 2.29. The first-order chi connectivity index (χ1) is 14.0. The topological polar surface area (TPSA) is 72.7 Å². The third kappa shape index (κ3) is 5.44. The number of nitrogens with zero attached hydrogens (tertiary/aromatic N) is 3. The van der Waals surface area contributed by atoms with Gasteiger partial charge in [0.05, 0.1) is 25.6 Å². The van der Waals surface area contributed by atoms with Crippen molar-refractivity contribution in [2.45, 2.75) is 20.4 Å². The number of halogens is 1. The Morgan fingerprint density at radius 1 is 1.03 bits per heavy atom. The number of guanidine groups is 1. The lowest BCUT2D eigenvalue weighted by atomic mass is 10.1. The van der Waals surface area contributed by atoms with Gasteiger partial charge in [0.2, 0.25) is 0 Å². The monoisotopic (exact) mass is 521 g/mol. The fourth-order valence-electron chi connectivity index (χ4n) is 3.15. The minimum Gasteiger partial charge on any atom is -0.493 e. The Hall–Kier alpha value is -2.75. The molecule has 3 aromatic rings. The van der Waals surface area contributed by atoms with Gasteiger partial charge in [-0.15, -0.1) is 24.0 Å². The summed E-state index contributed by atoms with van der Waals surface area (Å²) in [5.41, 5.74) is 5.11. The minimum absolute atomic E-state index is 0. The van der Waals surface area contributed by atoms with E-state index in [0.29, 0.717) is 24.0 Å². The fraction of sp³-hybridized carbons (Fsp3) is 0.273. The second-order valence-electron chi connectivity index (χ2n) is 6.59. The molecule has 7 nitrogen and oxygen atoms in total. The SMILES string of the molecule is CN=C(NCc1ccccc1-n1nc(C)cc1C)Nc1ccc(OC)c(OC)c1.I. The summed E-state index contributed by atoms with van der Waals surface area (Å²) < 4.78 is 12.6. The van der Waals surface area contributed by atoms with Crippen molar-refractivity contribution in [1.82, 2.24) is 15.1 Å². The summed E-state index contributed by atoms with van der Waals surface area (Å²) in [4.78, 5) is 4.32. The molecule has 1 heterocycles. The Labute approximate surface area is 194 Å². The molecule has 0 fully saturated rings. The summed E-state index contributed by atoms with van der Waals surface area (Å²) in [7, 11) is 4.97. The molecule has 160 valence electrons. The van der Waals surface area contributed by atoms with Crippen molar-refractivity contribution in [3.8, 4) is 17.2 Å². The second kappa shape index (κ2) is 10.9. The molecule has 30 heavy (non-hydrogen) atoms. The molecule has 2 aromatic carbocycles. The van der Waals surface area contributed by atoms with Crippen LogP contribution >= 0.6 is 24.0 Å². The molecule has 1 aromatic heterocycles. The van der Waals surface area contributed by atoms with E-state index in [9.17, 15) is 0 Å². The summed E-state index contributed by atoms with van der Waals surface area (Å²) in [6.45, 7) is 4.66. The van der Waals surface area contributed by atoms with Gasteiger partial charge in [-0.2, -0.15) is 5.10 Å². The summed E-state index contributed by atoms with van der Waals surface area (Å²) in [6.07, 6.45) is 0. The standard InChI is InChI=1S/C22H27N5O2.HI/c1-15-12-16(2)27(26-15)19-9-7-6-8-17(19)14-24-22(23-3)25-18-10-11-20(28-4)21(13-18)29-5;/h6-13H,14H2,1-5H3,(H2,23,24,25);1H. The lowest BCUT2D eigenvalue weighted by Gasteiger charge is -2.16. The molecule has 0 unspecified atom stereocenters. The Morgan fingerprint density at radius 3 is 2.40 bits per heavy atom. The van der Waals surface area contributed by atoms with Crippen molar-refractivity contribution >= 4 is 35.6 Å². The highest BCUT2D eigenvalue weighted by atomic mass is 127. The van der Waals surface area contributed by atoms with Gasteiger partial charge in [0.25, 0.3) is 0 Å². The van der Waals surface area contributed by atoms with Crippen molar-refractivity contribution in [2.24, 2.45) is 4.99 Å². The molecule has 0 aliphatic carbocycles. The van der Waals surface area contributed by atoms with Crippen LogP contribution < -0.4 is 20.1 Å². The van der Waals surface area contributed by atoms with E-state index >= 15 is 0 Å². The number of hydrogen-bond donors (Lipinski definition) is 2. The average molecular weight is 521 g/mol. The molecule has 0 bridgehead atoms. The molecule has 0 saturated carbocycles. The molecule has 0 amide bonds. The van der Waals surface area contributed by atoms with E-state index in [1.807, 2.05) is 41.9 Å². The average Bonchev–Trinajstić information content (AvgIpc) is 3.08. The second-order valence-corrected chi connectivity index (χ2v) is 6.59. The molecule has 0 aliphatic heterocycles. The van der Waals surface area contributed by atoms with E-state index in [0.717, 1.165) is 28.3 Å². The highest BCUT2D eigenvalue weighted by Gasteiger charge is 2.10. The quantitative estimate of drug-likeness (QED) is 0.288. The van der Waals surface area contributed by atoms with Crippen LogP contribution in [0.2, 0.25) is 0 Å². The number of anilines is 1. The molecule has 0 saturated heterocycles. The van der Waals surface area contributed by atoms with E-state index in [1.54, 1.807) is 21.3 Å². The number of aryl methyl sites for hydroxylation is 2. The highest BCUT2D eigenvalue weighted by molar-refractivity contribution is 14.0. The maximum absolute atomic E-state index is 5.36. The summed E-state index contributed by atoms with van der Waals surface area (Å²) in [5.74, 6) is 1.99. The number of nitrogens with one attached hydrogen (secondary N) is 2. The van der Waals surface area contributed by atoms with Crippen LogP contribution in [0.4, 0.5) is 5.69 Å². The Bertz CT molecular complexity index is 1020. The molecular formula is C22H28IN5O2. The van der Waals surface area contributed by atoms with Crippen molar-refractivity contribution in [3.63, 3.8) is 0 Å². The van der Waals surface area contributed by atoms with Gasteiger partial charge in [-0.05, 0) is 43.7 Å². The number of hydrogen-bond acceptors (Lipinski definition) is 4. The van der Waals surface area contributed by atoms with Crippen LogP contribution in [-0.2, 0) is 6.54 Å². The van der Waals surface area contributed by atoms with Gasteiger partial charge >= 0.3 is 0 Å². The van der Waals surface area contributed by atoms with Crippen LogP contribution in [0.5, 0.6) is 11.5 Å². The predicted molar refractivity (Wildman–Crippen MR) is 132 cm³/mol. The van der Waals surface area contributed by atoms with E-state index < -0.39 is 0 Å². The first-order valence-corrected chi connectivity index (χ1v) is 9.37. The number of rotatable bonds is 6. The van der Waals surface area contributed by atoms with Gasteiger partial charge in [0.15, 0.2) is 17.5 Å². The van der Waals surface area contributed by atoms with Crippen LogP contribution in [-0.4, -0.2) is 37.0 Å². The first-order valence-electron chi connectivity index (χ1n) is 9.37. The van der Waals surface area contributed by atoms with Crippen LogP contribution in [0, 0.1) is 13.8 Å². The summed E-state index contributed by atoms with van der Waals surface area (Å²) in [5, 5.41) is 11.3.